The molecule has 3 rings (SSSR count). The van der Waals surface area contributed by atoms with Gasteiger partial charge in [-0.1, -0.05) is 12.1 Å². The van der Waals surface area contributed by atoms with Crippen LogP contribution in [-0.4, -0.2) is 35.0 Å². The zero-order chi connectivity index (χ0) is 22.2. The maximum absolute atomic E-state index is 12.0. The molecule has 160 valence electrons. The third-order valence-electron chi connectivity index (χ3n) is 4.46. The molecule has 0 radical (unpaired) electrons. The normalized spacial score (nSPS) is 10.8. The van der Waals surface area contributed by atoms with Gasteiger partial charge in [0.15, 0.2) is 0 Å². The van der Waals surface area contributed by atoms with Crippen molar-refractivity contribution in [3.05, 3.63) is 82.7 Å². The van der Waals surface area contributed by atoms with Gasteiger partial charge in [-0.05, 0) is 67.4 Å². The number of methoxy groups -OCH3 is 1. The topological polar surface area (TPSA) is 94.8 Å². The number of hydrogen-bond acceptors (Lipinski definition) is 6. The van der Waals surface area contributed by atoms with Gasteiger partial charge in [0.05, 0.1) is 24.6 Å². The minimum Gasteiger partial charge on any atom is -0.489 e. The van der Waals surface area contributed by atoms with Crippen LogP contribution in [0.4, 0.5) is 0 Å². The minimum atomic E-state index is -0.368. The van der Waals surface area contributed by atoms with Gasteiger partial charge in [-0.2, -0.15) is 10.2 Å². The van der Waals surface area contributed by atoms with Crippen LogP contribution in [0.2, 0.25) is 0 Å². The van der Waals surface area contributed by atoms with E-state index in [2.05, 4.69) is 20.4 Å². The van der Waals surface area contributed by atoms with Crippen LogP contribution in [0.5, 0.6) is 5.75 Å². The van der Waals surface area contributed by atoms with Gasteiger partial charge >= 0.3 is 5.97 Å². The van der Waals surface area contributed by atoms with Crippen molar-refractivity contribution >= 4 is 18.1 Å². The summed E-state index contributed by atoms with van der Waals surface area (Å²) in [7, 11) is 1.35. The quantitative estimate of drug-likeness (QED) is 0.343. The number of nitrogens with one attached hydrogen (secondary N) is 1. The molecule has 0 saturated heterocycles. The van der Waals surface area contributed by atoms with Gasteiger partial charge < -0.3 is 9.47 Å². The Kier molecular flexibility index (Phi) is 7.16. The van der Waals surface area contributed by atoms with Gasteiger partial charge in [0, 0.05) is 5.69 Å². The molecule has 3 aromatic rings. The van der Waals surface area contributed by atoms with E-state index in [0.29, 0.717) is 17.9 Å². The summed E-state index contributed by atoms with van der Waals surface area (Å²) in [6.45, 7) is 4.27. The average molecular weight is 420 g/mol. The highest BCUT2D eigenvalue weighted by Crippen LogP contribution is 2.14. The fourth-order valence-electron chi connectivity index (χ4n) is 2.86. The van der Waals surface area contributed by atoms with Gasteiger partial charge in [0.2, 0.25) is 0 Å². The summed E-state index contributed by atoms with van der Waals surface area (Å²) in [6.07, 6.45) is 1.56. The number of hydrazone groups is 1. The molecule has 8 nitrogen and oxygen atoms in total. The molecule has 8 heteroatoms. The van der Waals surface area contributed by atoms with Crippen molar-refractivity contribution in [1.82, 2.24) is 15.2 Å². The zero-order valence-corrected chi connectivity index (χ0v) is 17.7. The van der Waals surface area contributed by atoms with E-state index in [1.807, 2.05) is 56.3 Å². The molecule has 0 spiro atoms. The summed E-state index contributed by atoms with van der Waals surface area (Å²) in [4.78, 5) is 23.4. The molecule has 2 aromatic carbocycles. The van der Waals surface area contributed by atoms with E-state index in [9.17, 15) is 9.59 Å². The van der Waals surface area contributed by atoms with Gasteiger partial charge in [-0.25, -0.2) is 10.2 Å². The van der Waals surface area contributed by atoms with Crippen LogP contribution in [0.3, 0.4) is 0 Å². The third-order valence-corrected chi connectivity index (χ3v) is 4.46. The molecule has 0 saturated carbocycles. The lowest BCUT2D eigenvalue weighted by Gasteiger charge is -2.07. The molecule has 1 N–H and O–H groups in total. The summed E-state index contributed by atoms with van der Waals surface area (Å²) in [5, 5.41) is 8.23. The van der Waals surface area contributed by atoms with E-state index in [0.717, 1.165) is 22.5 Å². The number of carbonyl (C=O) groups excluding carboxylic acids is 2. The lowest BCUT2D eigenvalue weighted by molar-refractivity contribution is -0.121. The van der Waals surface area contributed by atoms with Crippen LogP contribution in [0, 0.1) is 13.8 Å². The number of benzene rings is 2. The number of ether oxygens (including phenoxy) is 2. The molecule has 0 atom stereocenters. The first-order chi connectivity index (χ1) is 14.9. The highest BCUT2D eigenvalue weighted by atomic mass is 16.5. The predicted octanol–water partition coefficient (Wildman–Crippen LogP) is 3.02. The van der Waals surface area contributed by atoms with Gasteiger partial charge in [-0.15, -0.1) is 0 Å². The number of aryl methyl sites for hydroxylation is 2. The first-order valence-corrected chi connectivity index (χ1v) is 9.67. The van der Waals surface area contributed by atoms with Crippen LogP contribution in [0.15, 0.2) is 59.7 Å². The van der Waals surface area contributed by atoms with E-state index >= 15 is 0 Å². The number of carbonyl (C=O) groups is 2. The Hall–Kier alpha value is -3.94. The molecule has 1 aromatic heterocycles. The summed E-state index contributed by atoms with van der Waals surface area (Å²) in [5.74, 6) is 0.0795. The van der Waals surface area contributed by atoms with E-state index in [4.69, 9.17) is 4.74 Å². The lowest BCUT2D eigenvalue weighted by atomic mass is 10.1. The standard InChI is InChI=1S/C23H24N4O4/c1-16-12-17(2)27(26-16)14-22(28)25-24-13-18-6-10-21(11-7-18)31-15-19-4-8-20(9-5-19)23(29)30-3/h4-13H,14-15H2,1-3H3,(H,25,28)/b24-13+. The molecule has 31 heavy (non-hydrogen) atoms. The number of amides is 1. The van der Waals surface area contributed by atoms with Gasteiger partial charge in [0.1, 0.15) is 18.9 Å². The fourth-order valence-corrected chi connectivity index (χ4v) is 2.86. The molecular formula is C23H24N4O4. The van der Waals surface area contributed by atoms with Gasteiger partial charge in [0.25, 0.3) is 5.91 Å². The van der Waals surface area contributed by atoms with Crippen molar-refractivity contribution in [1.29, 1.82) is 0 Å². The SMILES string of the molecule is COC(=O)c1ccc(COc2ccc(/C=N/NC(=O)Cn3nc(C)cc3C)cc2)cc1. The fraction of sp³-hybridized carbons (Fsp3) is 0.217. The molecule has 0 fully saturated rings. The summed E-state index contributed by atoms with van der Waals surface area (Å²) >= 11 is 0. The van der Waals surface area contributed by atoms with Crippen molar-refractivity contribution in [3.8, 4) is 5.75 Å². The highest BCUT2D eigenvalue weighted by molar-refractivity contribution is 5.89. The maximum Gasteiger partial charge on any atom is 0.337 e. The summed E-state index contributed by atoms with van der Waals surface area (Å²) in [5.41, 5.74) is 6.54. The van der Waals surface area contributed by atoms with Crippen LogP contribution < -0.4 is 10.2 Å². The second-order valence-electron chi connectivity index (χ2n) is 6.92. The highest BCUT2D eigenvalue weighted by Gasteiger charge is 2.06. The van der Waals surface area contributed by atoms with Gasteiger partial charge in [-0.3, -0.25) is 9.48 Å². The van der Waals surface area contributed by atoms with E-state index in [-0.39, 0.29) is 18.4 Å². The third kappa shape index (κ3) is 6.27. The van der Waals surface area contributed by atoms with Crippen molar-refractivity contribution in [3.63, 3.8) is 0 Å². The second-order valence-corrected chi connectivity index (χ2v) is 6.92. The van der Waals surface area contributed by atoms with Crippen molar-refractivity contribution < 1.29 is 19.1 Å². The predicted molar refractivity (Wildman–Crippen MR) is 116 cm³/mol. The van der Waals surface area contributed by atoms with Crippen LogP contribution in [0.25, 0.3) is 0 Å². The average Bonchev–Trinajstić information content (AvgIpc) is 3.09. The van der Waals surface area contributed by atoms with Crippen molar-refractivity contribution in [2.75, 3.05) is 7.11 Å². The van der Waals surface area contributed by atoms with Crippen LogP contribution in [-0.2, 0) is 22.7 Å². The summed E-state index contributed by atoms with van der Waals surface area (Å²) < 4.78 is 12.1. The molecule has 0 aliphatic carbocycles. The van der Waals surface area contributed by atoms with Crippen LogP contribution >= 0.6 is 0 Å². The number of nitrogens with zero attached hydrogens (tertiary/aromatic N) is 3. The Labute approximate surface area is 180 Å². The number of hydrogen-bond donors (Lipinski definition) is 1. The monoisotopic (exact) mass is 420 g/mol. The van der Waals surface area contributed by atoms with E-state index in [1.54, 1.807) is 23.0 Å². The number of aromatic nitrogens is 2. The minimum absolute atomic E-state index is 0.115. The number of esters is 1. The molecule has 0 unspecified atom stereocenters. The second kappa shape index (κ2) is 10.2. The lowest BCUT2D eigenvalue weighted by Crippen LogP contribution is -2.24. The molecule has 1 amide bonds. The number of rotatable bonds is 8. The first kappa shape index (κ1) is 21.8. The maximum atomic E-state index is 12.0. The Morgan fingerprint density at radius 3 is 2.42 bits per heavy atom. The van der Waals surface area contributed by atoms with E-state index < -0.39 is 0 Å². The smallest absolute Gasteiger partial charge is 0.337 e. The molecular weight excluding hydrogens is 396 g/mol. The Bertz CT molecular complexity index is 1070. The van der Waals surface area contributed by atoms with Crippen molar-refractivity contribution in [2.45, 2.75) is 27.0 Å². The Morgan fingerprint density at radius 2 is 1.81 bits per heavy atom. The molecule has 1 heterocycles. The first-order valence-electron chi connectivity index (χ1n) is 9.67. The summed E-state index contributed by atoms with van der Waals surface area (Å²) in [6, 6.07) is 16.3. The van der Waals surface area contributed by atoms with Crippen LogP contribution in [0.1, 0.15) is 32.9 Å². The van der Waals surface area contributed by atoms with E-state index in [1.165, 1.54) is 7.11 Å². The largest absolute Gasteiger partial charge is 0.489 e. The molecule has 0 aliphatic rings. The zero-order valence-electron chi connectivity index (χ0n) is 17.7. The Balaban J connectivity index is 1.46. The Morgan fingerprint density at radius 1 is 1.10 bits per heavy atom. The molecule has 0 aliphatic heterocycles. The van der Waals surface area contributed by atoms with Crippen molar-refractivity contribution in [2.24, 2.45) is 5.10 Å². The molecule has 0 bridgehead atoms.